The van der Waals surface area contributed by atoms with Crippen LogP contribution in [-0.4, -0.2) is 34.1 Å². The molecule has 3 nitrogen and oxygen atoms in total. The van der Waals surface area contributed by atoms with E-state index in [9.17, 15) is 15.3 Å². The van der Waals surface area contributed by atoms with Crippen LogP contribution in [0.4, 0.5) is 0 Å². The molecule has 5 rings (SSSR count). The Labute approximate surface area is 202 Å². The predicted octanol–water partition coefficient (Wildman–Crippen LogP) is 5.97. The Hall–Kier alpha value is -0.380. The van der Waals surface area contributed by atoms with E-state index in [1.165, 1.54) is 37.7 Å². The number of aliphatic hydroxyl groups excluding tert-OH is 3. The minimum Gasteiger partial charge on any atom is -0.396 e. The Morgan fingerprint density at radius 3 is 2.15 bits per heavy atom. The molecule has 3 N–H and O–H groups in total. The number of hydrogen-bond donors (Lipinski definition) is 3. The smallest absolute Gasteiger partial charge is 0.0624 e. The summed E-state index contributed by atoms with van der Waals surface area (Å²) in [4.78, 5) is 0. The third-order valence-corrected chi connectivity index (χ3v) is 13.7. The summed E-state index contributed by atoms with van der Waals surface area (Å²) >= 11 is 0. The molecule has 0 aliphatic heterocycles. The molecule has 5 fully saturated rings. The highest BCUT2D eigenvalue weighted by Crippen LogP contribution is 2.77. The highest BCUT2D eigenvalue weighted by Gasteiger charge is 2.72. The van der Waals surface area contributed by atoms with E-state index in [-0.39, 0.29) is 27.1 Å². The van der Waals surface area contributed by atoms with E-state index in [0.717, 1.165) is 19.3 Å². The zero-order valence-corrected chi connectivity index (χ0v) is 22.2. The van der Waals surface area contributed by atoms with Gasteiger partial charge in [0.25, 0.3) is 0 Å². The lowest BCUT2D eigenvalue weighted by Gasteiger charge is -2.73. The van der Waals surface area contributed by atoms with Crippen molar-refractivity contribution in [3.63, 3.8) is 0 Å². The third-order valence-electron chi connectivity index (χ3n) is 13.7. The molecule has 0 bridgehead atoms. The van der Waals surface area contributed by atoms with Gasteiger partial charge in [0, 0.05) is 18.4 Å². The van der Waals surface area contributed by atoms with Crippen molar-refractivity contribution < 1.29 is 15.3 Å². The highest BCUT2D eigenvalue weighted by atomic mass is 16.3. The van der Waals surface area contributed by atoms with Gasteiger partial charge >= 0.3 is 0 Å². The molecule has 33 heavy (non-hydrogen) atoms. The number of allylic oxidation sites excluding steroid dienone is 1. The van der Waals surface area contributed by atoms with Crippen molar-refractivity contribution in [2.24, 2.45) is 56.7 Å². The van der Waals surface area contributed by atoms with Crippen molar-refractivity contribution in [3.8, 4) is 0 Å². The summed E-state index contributed by atoms with van der Waals surface area (Å²) in [5.74, 6) is 2.57. The summed E-state index contributed by atoms with van der Waals surface area (Å²) in [6, 6.07) is 0. The molecule has 0 spiro atoms. The summed E-state index contributed by atoms with van der Waals surface area (Å²) in [5, 5.41) is 33.1. The van der Waals surface area contributed by atoms with E-state index >= 15 is 0 Å². The summed E-state index contributed by atoms with van der Waals surface area (Å²) in [6.45, 7) is 19.0. The normalized spacial score (nSPS) is 57.4. The van der Waals surface area contributed by atoms with E-state index in [1.54, 1.807) is 0 Å². The second kappa shape index (κ2) is 7.32. The summed E-state index contributed by atoms with van der Waals surface area (Å²) in [7, 11) is 0. The van der Waals surface area contributed by atoms with E-state index < -0.39 is 12.2 Å². The maximum absolute atomic E-state index is 11.5. The molecule has 0 unspecified atom stereocenters. The fraction of sp³-hybridized carbons (Fsp3) is 0.933. The molecule has 0 saturated heterocycles. The topological polar surface area (TPSA) is 60.7 Å². The number of rotatable bonds is 2. The largest absolute Gasteiger partial charge is 0.396 e. The maximum atomic E-state index is 11.5. The first-order chi connectivity index (χ1) is 15.3. The zero-order valence-electron chi connectivity index (χ0n) is 22.2. The van der Waals surface area contributed by atoms with Crippen LogP contribution in [0.2, 0.25) is 0 Å². The van der Waals surface area contributed by atoms with Crippen molar-refractivity contribution in [1.82, 2.24) is 0 Å². The lowest BCUT2D eigenvalue weighted by molar-refractivity contribution is -0.275. The van der Waals surface area contributed by atoms with Crippen molar-refractivity contribution in [1.29, 1.82) is 0 Å². The first kappa shape index (κ1) is 24.3. The summed E-state index contributed by atoms with van der Waals surface area (Å²) < 4.78 is 0. The maximum Gasteiger partial charge on any atom is 0.0624 e. The van der Waals surface area contributed by atoms with E-state index in [0.29, 0.717) is 42.6 Å². The molecule has 0 heterocycles. The van der Waals surface area contributed by atoms with Crippen LogP contribution in [0.25, 0.3) is 0 Å². The van der Waals surface area contributed by atoms with Gasteiger partial charge in [0.05, 0.1) is 12.2 Å². The molecule has 0 radical (unpaired) electrons. The average molecular weight is 459 g/mol. The molecule has 5 aliphatic rings. The summed E-state index contributed by atoms with van der Waals surface area (Å²) in [6.07, 6.45) is 9.05. The SMILES string of the molecule is C=C(C)[C@@H]1CC[C@]2(CO)CC[C@]3(C)[C@H](CC[C@@H]4[C@@]5(C)[C@H](O)C[C@H](O)C(C)(C)[C@@H]5CC[C@]43C)[C@@H]12. The molecule has 0 aromatic heterocycles. The second-order valence-electron chi connectivity index (χ2n) is 14.7. The van der Waals surface area contributed by atoms with Gasteiger partial charge in [0.2, 0.25) is 0 Å². The van der Waals surface area contributed by atoms with Crippen LogP contribution in [0.5, 0.6) is 0 Å². The van der Waals surface area contributed by atoms with Crippen molar-refractivity contribution in [3.05, 3.63) is 12.2 Å². The number of fused-ring (bicyclic) bond motifs is 7. The monoisotopic (exact) mass is 458 g/mol. The Bertz CT molecular complexity index is 819. The van der Waals surface area contributed by atoms with Crippen LogP contribution in [-0.2, 0) is 0 Å². The van der Waals surface area contributed by atoms with Crippen LogP contribution < -0.4 is 0 Å². The molecule has 5 aliphatic carbocycles. The first-order valence-electron chi connectivity index (χ1n) is 13.9. The van der Waals surface area contributed by atoms with Gasteiger partial charge in [0.1, 0.15) is 0 Å². The van der Waals surface area contributed by atoms with Crippen LogP contribution in [0, 0.1) is 56.7 Å². The Morgan fingerprint density at radius 2 is 1.52 bits per heavy atom. The third kappa shape index (κ3) is 2.80. The van der Waals surface area contributed by atoms with Gasteiger partial charge in [-0.15, -0.1) is 0 Å². The van der Waals surface area contributed by atoms with Crippen molar-refractivity contribution >= 4 is 0 Å². The molecule has 3 heteroatoms. The van der Waals surface area contributed by atoms with Crippen LogP contribution in [0.3, 0.4) is 0 Å². The molecular weight excluding hydrogens is 408 g/mol. The number of aliphatic hydroxyl groups is 3. The van der Waals surface area contributed by atoms with Gasteiger partial charge in [-0.2, -0.15) is 0 Å². The number of hydrogen-bond acceptors (Lipinski definition) is 3. The van der Waals surface area contributed by atoms with Gasteiger partial charge in [-0.25, -0.2) is 0 Å². The minimum atomic E-state index is -0.426. The molecule has 0 aromatic rings. The van der Waals surface area contributed by atoms with Crippen LogP contribution in [0.1, 0.15) is 99.3 Å². The fourth-order valence-corrected chi connectivity index (χ4v) is 11.5. The average Bonchev–Trinajstić information content (AvgIpc) is 3.14. The lowest BCUT2D eigenvalue weighted by atomic mass is 9.32. The molecule has 11 atom stereocenters. The van der Waals surface area contributed by atoms with Gasteiger partial charge < -0.3 is 15.3 Å². The van der Waals surface area contributed by atoms with Crippen molar-refractivity contribution in [2.45, 2.75) is 112 Å². The molecular formula is C30H50O3. The Balaban J connectivity index is 1.57. The van der Waals surface area contributed by atoms with E-state index in [1.807, 2.05) is 0 Å². The van der Waals surface area contributed by atoms with Crippen LogP contribution in [0.15, 0.2) is 12.2 Å². The van der Waals surface area contributed by atoms with Gasteiger partial charge in [-0.1, -0.05) is 46.8 Å². The van der Waals surface area contributed by atoms with Gasteiger partial charge in [-0.3, -0.25) is 0 Å². The van der Waals surface area contributed by atoms with Crippen molar-refractivity contribution in [2.75, 3.05) is 6.61 Å². The van der Waals surface area contributed by atoms with Crippen LogP contribution >= 0.6 is 0 Å². The van der Waals surface area contributed by atoms with E-state index in [4.69, 9.17) is 0 Å². The van der Waals surface area contributed by atoms with Gasteiger partial charge in [-0.05, 0) is 110 Å². The highest BCUT2D eigenvalue weighted by molar-refractivity contribution is 5.22. The van der Waals surface area contributed by atoms with Gasteiger partial charge in [0.15, 0.2) is 0 Å². The first-order valence-corrected chi connectivity index (χ1v) is 13.9. The zero-order chi connectivity index (χ0) is 24.2. The molecule has 5 saturated carbocycles. The molecule has 0 aromatic carbocycles. The molecule has 188 valence electrons. The summed E-state index contributed by atoms with van der Waals surface area (Å²) in [5.41, 5.74) is 1.53. The fourth-order valence-electron chi connectivity index (χ4n) is 11.5. The predicted molar refractivity (Wildman–Crippen MR) is 133 cm³/mol. The van der Waals surface area contributed by atoms with E-state index in [2.05, 4.69) is 48.1 Å². The Morgan fingerprint density at radius 1 is 0.818 bits per heavy atom. The Kier molecular flexibility index (Phi) is 5.40. The standard InChI is InChI=1S/C30H50O3/c1-18(2)19-10-13-30(17-31)15-14-27(5)20(25(19)30)8-9-22-28(27,6)12-11-21-26(3,4)23(32)16-24(33)29(21,22)7/h19-25,31-33H,1,8-17H2,2-7H3/t19-,20+,21-,22-,23-,24+,25+,27+,28+,29-,30+/m0/s1. The molecule has 0 amide bonds. The minimum absolute atomic E-state index is 0.0918. The second-order valence-corrected chi connectivity index (χ2v) is 14.7. The quantitative estimate of drug-likeness (QED) is 0.447. The lowest BCUT2D eigenvalue weighted by Crippen LogP contribution is -2.69.